The second-order valence-electron chi connectivity index (χ2n) is 7.59. The van der Waals surface area contributed by atoms with Gasteiger partial charge in [-0.25, -0.2) is 4.98 Å². The average Bonchev–Trinajstić information content (AvgIpc) is 2.70. The van der Waals surface area contributed by atoms with Crippen molar-refractivity contribution in [3.05, 3.63) is 47.4 Å². The van der Waals surface area contributed by atoms with E-state index in [2.05, 4.69) is 22.2 Å². The Bertz CT molecular complexity index is 840. The number of carbonyl (C=O) groups excluding carboxylic acids is 2. The fraction of sp³-hybridized carbons (Fsp3) is 0.455. The summed E-state index contributed by atoms with van der Waals surface area (Å²) in [6.07, 6.45) is 4.22. The number of aryl methyl sites for hydroxylation is 2. The Hall–Kier alpha value is -2.76. The Labute approximate surface area is 166 Å². The number of piperidine rings is 1. The maximum Gasteiger partial charge on any atom is 0.251 e. The molecule has 1 N–H and O–H groups in total. The van der Waals surface area contributed by atoms with Crippen molar-refractivity contribution >= 4 is 11.8 Å². The van der Waals surface area contributed by atoms with E-state index in [4.69, 9.17) is 0 Å². The number of nitrogens with zero attached hydrogens (tertiary/aromatic N) is 3. The highest BCUT2D eigenvalue weighted by molar-refractivity contribution is 5.94. The van der Waals surface area contributed by atoms with Crippen molar-refractivity contribution in [3.63, 3.8) is 0 Å². The molecule has 0 radical (unpaired) electrons. The van der Waals surface area contributed by atoms with Gasteiger partial charge in [0, 0.05) is 43.4 Å². The standard InChI is InChI=1S/C22H28N4O2/c1-15-9-12-26(13-10-15)20(27)8-11-23-22(28)19-6-4-18(5-7-19)21-17(3)24-14-16(2)25-21/h4-7,14-15H,8-13H2,1-3H3,(H,23,28). The van der Waals surface area contributed by atoms with Crippen LogP contribution in [0, 0.1) is 19.8 Å². The smallest absolute Gasteiger partial charge is 0.251 e. The summed E-state index contributed by atoms with van der Waals surface area (Å²) in [6, 6.07) is 7.32. The van der Waals surface area contributed by atoms with Crippen molar-refractivity contribution < 1.29 is 9.59 Å². The van der Waals surface area contributed by atoms with Crippen LogP contribution in [-0.2, 0) is 4.79 Å². The van der Waals surface area contributed by atoms with E-state index in [1.165, 1.54) is 0 Å². The predicted molar refractivity (Wildman–Crippen MR) is 109 cm³/mol. The molecule has 6 nitrogen and oxygen atoms in total. The molecule has 1 saturated heterocycles. The number of nitrogens with one attached hydrogen (secondary N) is 1. The van der Waals surface area contributed by atoms with E-state index in [1.54, 1.807) is 18.3 Å². The lowest BCUT2D eigenvalue weighted by molar-refractivity contribution is -0.132. The highest BCUT2D eigenvalue weighted by Gasteiger charge is 2.20. The van der Waals surface area contributed by atoms with Gasteiger partial charge in [0.25, 0.3) is 5.91 Å². The second kappa shape index (κ2) is 8.95. The van der Waals surface area contributed by atoms with Gasteiger partial charge < -0.3 is 10.2 Å². The topological polar surface area (TPSA) is 75.2 Å². The van der Waals surface area contributed by atoms with E-state index in [-0.39, 0.29) is 11.8 Å². The monoisotopic (exact) mass is 380 g/mol. The van der Waals surface area contributed by atoms with Crippen molar-refractivity contribution in [2.75, 3.05) is 19.6 Å². The lowest BCUT2D eigenvalue weighted by atomic mass is 9.99. The predicted octanol–water partition coefficient (Wildman–Crippen LogP) is 3.14. The van der Waals surface area contributed by atoms with Crippen LogP contribution in [0.15, 0.2) is 30.5 Å². The molecule has 2 heterocycles. The van der Waals surface area contributed by atoms with Gasteiger partial charge in [0.1, 0.15) is 0 Å². The number of rotatable bonds is 5. The van der Waals surface area contributed by atoms with E-state index in [0.29, 0.717) is 24.4 Å². The first-order valence-electron chi connectivity index (χ1n) is 9.90. The molecule has 2 amide bonds. The lowest BCUT2D eigenvalue weighted by Gasteiger charge is -2.30. The molecule has 28 heavy (non-hydrogen) atoms. The summed E-state index contributed by atoms with van der Waals surface area (Å²) in [5.41, 5.74) is 4.04. The van der Waals surface area contributed by atoms with Gasteiger partial charge in [-0.3, -0.25) is 14.6 Å². The number of carbonyl (C=O) groups is 2. The van der Waals surface area contributed by atoms with Crippen molar-refractivity contribution in [2.45, 2.75) is 40.0 Å². The molecule has 0 spiro atoms. The molecule has 0 unspecified atom stereocenters. The molecule has 0 bridgehead atoms. The van der Waals surface area contributed by atoms with E-state index in [0.717, 1.165) is 48.6 Å². The maximum absolute atomic E-state index is 12.4. The minimum Gasteiger partial charge on any atom is -0.352 e. The first-order valence-corrected chi connectivity index (χ1v) is 9.90. The molecule has 1 aliphatic heterocycles. The Morgan fingerprint density at radius 1 is 1.14 bits per heavy atom. The first kappa shape index (κ1) is 20.0. The van der Waals surface area contributed by atoms with E-state index < -0.39 is 0 Å². The molecule has 1 fully saturated rings. The van der Waals surface area contributed by atoms with Crippen molar-refractivity contribution in [2.24, 2.45) is 5.92 Å². The molecule has 6 heteroatoms. The number of amides is 2. The zero-order valence-electron chi connectivity index (χ0n) is 16.9. The van der Waals surface area contributed by atoms with Gasteiger partial charge in [-0.05, 0) is 44.7 Å². The van der Waals surface area contributed by atoms with E-state index in [1.807, 2.05) is 30.9 Å². The lowest BCUT2D eigenvalue weighted by Crippen LogP contribution is -2.39. The molecular weight excluding hydrogens is 352 g/mol. The zero-order chi connectivity index (χ0) is 20.1. The van der Waals surface area contributed by atoms with Gasteiger partial charge in [0.2, 0.25) is 5.91 Å². The van der Waals surface area contributed by atoms with Crippen LogP contribution in [0.4, 0.5) is 0 Å². The van der Waals surface area contributed by atoms with Gasteiger partial charge in [0.15, 0.2) is 0 Å². The summed E-state index contributed by atoms with van der Waals surface area (Å²) in [7, 11) is 0. The quantitative estimate of drug-likeness (QED) is 0.865. The minimum atomic E-state index is -0.168. The normalized spacial score (nSPS) is 14.8. The Kier molecular flexibility index (Phi) is 6.39. The number of hydrogen-bond donors (Lipinski definition) is 1. The largest absolute Gasteiger partial charge is 0.352 e. The Morgan fingerprint density at radius 2 is 1.82 bits per heavy atom. The summed E-state index contributed by atoms with van der Waals surface area (Å²) in [5, 5.41) is 2.84. The molecule has 3 rings (SSSR count). The fourth-order valence-electron chi connectivity index (χ4n) is 3.39. The highest BCUT2D eigenvalue weighted by atomic mass is 16.2. The van der Waals surface area contributed by atoms with Crippen LogP contribution in [0.3, 0.4) is 0 Å². The summed E-state index contributed by atoms with van der Waals surface area (Å²) < 4.78 is 0. The molecule has 0 atom stereocenters. The van der Waals surface area contributed by atoms with Gasteiger partial charge in [0.05, 0.1) is 17.1 Å². The molecular formula is C22H28N4O2. The molecule has 0 aliphatic carbocycles. The molecule has 1 aromatic carbocycles. The summed E-state index contributed by atoms with van der Waals surface area (Å²) in [6.45, 7) is 8.06. The number of aromatic nitrogens is 2. The third-order valence-electron chi connectivity index (χ3n) is 5.26. The van der Waals surface area contributed by atoms with Gasteiger partial charge in [-0.2, -0.15) is 0 Å². The fourth-order valence-corrected chi connectivity index (χ4v) is 3.39. The molecule has 2 aromatic rings. The van der Waals surface area contributed by atoms with Crippen LogP contribution < -0.4 is 5.32 Å². The maximum atomic E-state index is 12.4. The van der Waals surface area contributed by atoms with Crippen molar-refractivity contribution in [1.29, 1.82) is 0 Å². The zero-order valence-corrected chi connectivity index (χ0v) is 16.9. The average molecular weight is 380 g/mol. The Balaban J connectivity index is 1.52. The van der Waals surface area contributed by atoms with Crippen molar-refractivity contribution in [1.82, 2.24) is 20.2 Å². The van der Waals surface area contributed by atoms with Crippen LogP contribution in [0.5, 0.6) is 0 Å². The van der Waals surface area contributed by atoms with Crippen LogP contribution in [0.25, 0.3) is 11.3 Å². The second-order valence-corrected chi connectivity index (χ2v) is 7.59. The van der Waals surface area contributed by atoms with Gasteiger partial charge in [-0.15, -0.1) is 0 Å². The number of likely N-dealkylation sites (tertiary alicyclic amines) is 1. The molecule has 0 saturated carbocycles. The molecule has 1 aromatic heterocycles. The third kappa shape index (κ3) is 4.94. The van der Waals surface area contributed by atoms with Gasteiger partial charge >= 0.3 is 0 Å². The van der Waals surface area contributed by atoms with Gasteiger partial charge in [-0.1, -0.05) is 19.1 Å². The van der Waals surface area contributed by atoms with Crippen molar-refractivity contribution in [3.8, 4) is 11.3 Å². The number of hydrogen-bond acceptors (Lipinski definition) is 4. The summed E-state index contributed by atoms with van der Waals surface area (Å²) in [4.78, 5) is 35.4. The van der Waals surface area contributed by atoms with E-state index >= 15 is 0 Å². The summed E-state index contributed by atoms with van der Waals surface area (Å²) in [5.74, 6) is 0.649. The summed E-state index contributed by atoms with van der Waals surface area (Å²) >= 11 is 0. The molecule has 1 aliphatic rings. The third-order valence-corrected chi connectivity index (χ3v) is 5.26. The minimum absolute atomic E-state index is 0.121. The van der Waals surface area contributed by atoms with Crippen LogP contribution in [-0.4, -0.2) is 46.3 Å². The van der Waals surface area contributed by atoms with Crippen LogP contribution in [0.2, 0.25) is 0 Å². The van der Waals surface area contributed by atoms with E-state index in [9.17, 15) is 9.59 Å². The highest BCUT2D eigenvalue weighted by Crippen LogP contribution is 2.20. The molecule has 148 valence electrons. The SMILES string of the molecule is Cc1cnc(C)c(-c2ccc(C(=O)NCCC(=O)N3CCC(C)CC3)cc2)n1. The van der Waals surface area contributed by atoms with Crippen LogP contribution >= 0.6 is 0 Å². The Morgan fingerprint density at radius 3 is 2.50 bits per heavy atom. The first-order chi connectivity index (χ1) is 13.4. The number of benzene rings is 1. The van der Waals surface area contributed by atoms with Crippen LogP contribution in [0.1, 0.15) is 47.9 Å².